The first-order valence-electron chi connectivity index (χ1n) is 9.91. The van der Waals surface area contributed by atoms with E-state index in [-0.39, 0.29) is 39.6 Å². The second-order valence-electron chi connectivity index (χ2n) is 7.04. The normalized spacial score (nSPS) is 14.2. The van der Waals surface area contributed by atoms with Crippen LogP contribution in [0.5, 0.6) is 0 Å². The lowest BCUT2D eigenvalue weighted by molar-refractivity contribution is 0.0640. The SMILES string of the molecule is COCCOC(=O)N1CCC(NC(=O)c2n[nH]cc2NC(=O)c2c(Cl)cccc2Cl)CC1. The Kier molecular flexibility index (Phi) is 8.32. The summed E-state index contributed by atoms with van der Waals surface area (Å²) < 4.78 is 9.96. The third-order valence-electron chi connectivity index (χ3n) is 4.89. The second kappa shape index (κ2) is 11.2. The Labute approximate surface area is 194 Å². The molecule has 1 aliphatic rings. The number of likely N-dealkylation sites (tertiary alicyclic amines) is 1. The number of aromatic nitrogens is 2. The van der Waals surface area contributed by atoms with Crippen molar-refractivity contribution in [3.8, 4) is 0 Å². The van der Waals surface area contributed by atoms with E-state index in [9.17, 15) is 14.4 Å². The highest BCUT2D eigenvalue weighted by Gasteiger charge is 2.27. The highest BCUT2D eigenvalue weighted by molar-refractivity contribution is 6.40. The van der Waals surface area contributed by atoms with Crippen molar-refractivity contribution < 1.29 is 23.9 Å². The van der Waals surface area contributed by atoms with Crippen LogP contribution in [-0.2, 0) is 9.47 Å². The number of methoxy groups -OCH3 is 1. The molecule has 3 rings (SSSR count). The summed E-state index contributed by atoms with van der Waals surface area (Å²) in [6.45, 7) is 1.43. The Balaban J connectivity index is 1.55. The molecule has 0 bridgehead atoms. The monoisotopic (exact) mass is 483 g/mol. The third-order valence-corrected chi connectivity index (χ3v) is 5.52. The summed E-state index contributed by atoms with van der Waals surface area (Å²) in [4.78, 5) is 38.9. The van der Waals surface area contributed by atoms with E-state index >= 15 is 0 Å². The number of halogens is 2. The molecule has 12 heteroatoms. The van der Waals surface area contributed by atoms with Crippen molar-refractivity contribution in [3.05, 3.63) is 45.7 Å². The zero-order valence-corrected chi connectivity index (χ0v) is 18.8. The van der Waals surface area contributed by atoms with Crippen LogP contribution in [0, 0.1) is 0 Å². The largest absolute Gasteiger partial charge is 0.447 e. The Bertz CT molecular complexity index is 955. The number of aromatic amines is 1. The summed E-state index contributed by atoms with van der Waals surface area (Å²) in [5.74, 6) is -1.01. The van der Waals surface area contributed by atoms with Gasteiger partial charge in [-0.15, -0.1) is 0 Å². The molecule has 1 aromatic carbocycles. The molecule has 1 fully saturated rings. The first kappa shape index (κ1) is 23.8. The molecule has 2 heterocycles. The van der Waals surface area contributed by atoms with Crippen LogP contribution in [0.15, 0.2) is 24.4 Å². The quantitative estimate of drug-likeness (QED) is 0.519. The number of amides is 3. The van der Waals surface area contributed by atoms with Crippen molar-refractivity contribution in [2.75, 3.05) is 38.7 Å². The van der Waals surface area contributed by atoms with E-state index in [1.54, 1.807) is 23.1 Å². The molecule has 3 N–H and O–H groups in total. The fraction of sp³-hybridized carbons (Fsp3) is 0.400. The number of ether oxygens (including phenoxy) is 2. The van der Waals surface area contributed by atoms with Crippen molar-refractivity contribution >= 4 is 46.8 Å². The minimum Gasteiger partial charge on any atom is -0.447 e. The molecule has 1 aliphatic heterocycles. The molecule has 0 atom stereocenters. The molecular formula is C20H23Cl2N5O5. The highest BCUT2D eigenvalue weighted by Crippen LogP contribution is 2.26. The topological polar surface area (TPSA) is 126 Å². The number of H-pyrrole nitrogens is 1. The number of hydrogen-bond donors (Lipinski definition) is 3. The number of carbonyl (C=O) groups excluding carboxylic acids is 3. The van der Waals surface area contributed by atoms with Crippen LogP contribution < -0.4 is 10.6 Å². The van der Waals surface area contributed by atoms with Gasteiger partial charge in [0.1, 0.15) is 6.61 Å². The maximum atomic E-state index is 12.7. The lowest BCUT2D eigenvalue weighted by Crippen LogP contribution is -2.47. The van der Waals surface area contributed by atoms with E-state index in [0.29, 0.717) is 32.5 Å². The molecule has 32 heavy (non-hydrogen) atoms. The van der Waals surface area contributed by atoms with Gasteiger partial charge in [0.2, 0.25) is 0 Å². The lowest BCUT2D eigenvalue weighted by Gasteiger charge is -2.31. The molecule has 0 aliphatic carbocycles. The summed E-state index contributed by atoms with van der Waals surface area (Å²) in [7, 11) is 1.53. The van der Waals surface area contributed by atoms with Gasteiger partial charge in [-0.05, 0) is 25.0 Å². The molecule has 172 valence electrons. The second-order valence-corrected chi connectivity index (χ2v) is 7.85. The van der Waals surface area contributed by atoms with E-state index in [1.807, 2.05) is 0 Å². The standard InChI is InChI=1S/C20H23Cl2N5O5/c1-31-9-10-32-20(30)27-7-5-12(6-8-27)24-19(29)17-15(11-23-26-17)25-18(28)16-13(21)3-2-4-14(16)22/h2-4,11-12H,5-10H2,1H3,(H,23,26)(H,24,29)(H,25,28). The van der Waals surface area contributed by atoms with Gasteiger partial charge in [0, 0.05) is 32.4 Å². The van der Waals surface area contributed by atoms with Gasteiger partial charge in [-0.3, -0.25) is 14.7 Å². The van der Waals surface area contributed by atoms with Crippen LogP contribution in [0.2, 0.25) is 10.0 Å². The summed E-state index contributed by atoms with van der Waals surface area (Å²) in [6, 6.07) is 4.57. The summed E-state index contributed by atoms with van der Waals surface area (Å²) in [5, 5.41) is 12.4. The number of nitrogens with zero attached hydrogens (tertiary/aromatic N) is 2. The van der Waals surface area contributed by atoms with Crippen LogP contribution in [0.4, 0.5) is 10.5 Å². The number of nitrogens with one attached hydrogen (secondary N) is 3. The van der Waals surface area contributed by atoms with E-state index in [2.05, 4.69) is 20.8 Å². The van der Waals surface area contributed by atoms with Crippen LogP contribution in [0.1, 0.15) is 33.7 Å². The summed E-state index contributed by atoms with van der Waals surface area (Å²) in [5.41, 5.74) is 0.332. The fourth-order valence-corrected chi connectivity index (χ4v) is 3.79. The number of rotatable bonds is 7. The first-order valence-corrected chi connectivity index (χ1v) is 10.7. The van der Waals surface area contributed by atoms with Gasteiger partial charge < -0.3 is 25.0 Å². The van der Waals surface area contributed by atoms with Crippen LogP contribution in [0.25, 0.3) is 0 Å². The number of piperidine rings is 1. The smallest absolute Gasteiger partial charge is 0.409 e. The Morgan fingerprint density at radius 1 is 1.16 bits per heavy atom. The molecular weight excluding hydrogens is 461 g/mol. The molecule has 0 unspecified atom stereocenters. The molecule has 1 aromatic heterocycles. The van der Waals surface area contributed by atoms with Gasteiger partial charge in [0.25, 0.3) is 11.8 Å². The molecule has 0 saturated carbocycles. The van der Waals surface area contributed by atoms with E-state index < -0.39 is 17.9 Å². The van der Waals surface area contributed by atoms with Gasteiger partial charge in [0.05, 0.1) is 27.9 Å². The van der Waals surface area contributed by atoms with Crippen molar-refractivity contribution in [2.24, 2.45) is 0 Å². The van der Waals surface area contributed by atoms with E-state index in [0.717, 1.165) is 0 Å². The molecule has 0 spiro atoms. The number of benzene rings is 1. The minimum absolute atomic E-state index is 0.0305. The molecule has 10 nitrogen and oxygen atoms in total. The molecule has 0 radical (unpaired) electrons. The Hall–Kier alpha value is -2.82. The van der Waals surface area contributed by atoms with Gasteiger partial charge >= 0.3 is 6.09 Å². The number of hydrogen-bond acceptors (Lipinski definition) is 6. The van der Waals surface area contributed by atoms with Crippen LogP contribution in [0.3, 0.4) is 0 Å². The number of anilines is 1. The minimum atomic E-state index is -0.559. The number of carbonyl (C=O) groups is 3. The van der Waals surface area contributed by atoms with Crippen molar-refractivity contribution in [1.29, 1.82) is 0 Å². The lowest BCUT2D eigenvalue weighted by atomic mass is 10.1. The maximum absolute atomic E-state index is 12.7. The van der Waals surface area contributed by atoms with E-state index in [1.165, 1.54) is 13.3 Å². The summed E-state index contributed by atoms with van der Waals surface area (Å²) in [6.07, 6.45) is 2.12. The Morgan fingerprint density at radius 3 is 2.50 bits per heavy atom. The predicted molar refractivity (Wildman–Crippen MR) is 118 cm³/mol. The van der Waals surface area contributed by atoms with Crippen molar-refractivity contribution in [2.45, 2.75) is 18.9 Å². The highest BCUT2D eigenvalue weighted by atomic mass is 35.5. The van der Waals surface area contributed by atoms with Crippen molar-refractivity contribution in [3.63, 3.8) is 0 Å². The molecule has 1 saturated heterocycles. The average Bonchev–Trinajstić information content (AvgIpc) is 3.22. The van der Waals surface area contributed by atoms with Gasteiger partial charge in [-0.1, -0.05) is 29.3 Å². The summed E-state index contributed by atoms with van der Waals surface area (Å²) >= 11 is 12.1. The average molecular weight is 484 g/mol. The molecule has 3 amide bonds. The Morgan fingerprint density at radius 2 is 1.84 bits per heavy atom. The van der Waals surface area contributed by atoms with Gasteiger partial charge in [0.15, 0.2) is 5.69 Å². The zero-order chi connectivity index (χ0) is 23.1. The zero-order valence-electron chi connectivity index (χ0n) is 17.3. The van der Waals surface area contributed by atoms with Gasteiger partial charge in [-0.25, -0.2) is 4.79 Å². The van der Waals surface area contributed by atoms with Gasteiger partial charge in [-0.2, -0.15) is 5.10 Å². The van der Waals surface area contributed by atoms with Crippen LogP contribution in [-0.4, -0.2) is 72.5 Å². The predicted octanol–water partition coefficient (Wildman–Crippen LogP) is 2.95. The van der Waals surface area contributed by atoms with Crippen LogP contribution >= 0.6 is 23.2 Å². The first-order chi connectivity index (χ1) is 15.4. The molecule has 2 aromatic rings. The fourth-order valence-electron chi connectivity index (χ4n) is 3.22. The maximum Gasteiger partial charge on any atom is 0.409 e. The third kappa shape index (κ3) is 5.90. The van der Waals surface area contributed by atoms with E-state index in [4.69, 9.17) is 32.7 Å². The van der Waals surface area contributed by atoms with Crippen molar-refractivity contribution in [1.82, 2.24) is 20.4 Å².